The number of carbonyl (C=O) groups is 1. The minimum atomic E-state index is -0.108. The summed E-state index contributed by atoms with van der Waals surface area (Å²) in [7, 11) is 1.68. The molecule has 0 aromatic heterocycles. The van der Waals surface area contributed by atoms with Crippen LogP contribution in [-0.4, -0.2) is 25.7 Å². The highest BCUT2D eigenvalue weighted by molar-refractivity contribution is 5.74. The molecule has 116 valence electrons. The van der Waals surface area contributed by atoms with E-state index in [9.17, 15) is 4.79 Å². The lowest BCUT2D eigenvalue weighted by Crippen LogP contribution is -2.44. The van der Waals surface area contributed by atoms with Gasteiger partial charge in [0, 0.05) is 19.7 Å². The van der Waals surface area contributed by atoms with Gasteiger partial charge in [-0.3, -0.25) is 0 Å². The van der Waals surface area contributed by atoms with Gasteiger partial charge in [0.1, 0.15) is 0 Å². The summed E-state index contributed by atoms with van der Waals surface area (Å²) in [6.45, 7) is 2.54. The molecule has 1 atom stereocenters. The van der Waals surface area contributed by atoms with Crippen LogP contribution in [0.15, 0.2) is 24.3 Å². The van der Waals surface area contributed by atoms with E-state index in [0.717, 1.165) is 18.4 Å². The predicted octanol–water partition coefficient (Wildman–Crippen LogP) is 3.31. The predicted molar refractivity (Wildman–Crippen MR) is 84.3 cm³/mol. The zero-order valence-electron chi connectivity index (χ0n) is 13.0. The Balaban J connectivity index is 1.82. The van der Waals surface area contributed by atoms with E-state index in [-0.39, 0.29) is 12.1 Å². The Morgan fingerprint density at radius 3 is 2.67 bits per heavy atom. The highest BCUT2D eigenvalue weighted by Crippen LogP contribution is 2.20. The lowest BCUT2D eigenvalue weighted by molar-refractivity contribution is 0.103. The molecule has 0 heterocycles. The van der Waals surface area contributed by atoms with E-state index in [0.29, 0.717) is 12.6 Å². The number of amides is 2. The fraction of sp³-hybridized carbons (Fsp3) is 0.588. The largest absolute Gasteiger partial charge is 0.375 e. The van der Waals surface area contributed by atoms with E-state index < -0.39 is 0 Å². The van der Waals surface area contributed by atoms with Crippen LogP contribution in [0.3, 0.4) is 0 Å². The Morgan fingerprint density at radius 1 is 1.29 bits per heavy atom. The molecule has 1 aromatic carbocycles. The number of ether oxygens (including phenoxy) is 1. The molecule has 1 saturated carbocycles. The van der Waals surface area contributed by atoms with E-state index in [1.165, 1.54) is 24.8 Å². The number of urea groups is 1. The maximum Gasteiger partial charge on any atom is 0.315 e. The first kappa shape index (κ1) is 15.8. The molecule has 21 heavy (non-hydrogen) atoms. The summed E-state index contributed by atoms with van der Waals surface area (Å²) in [5.74, 6) is 0. The molecule has 0 saturated heterocycles. The average molecular weight is 290 g/mol. The van der Waals surface area contributed by atoms with Crippen LogP contribution in [0, 0.1) is 6.92 Å². The molecule has 0 spiro atoms. The van der Waals surface area contributed by atoms with Crippen molar-refractivity contribution in [2.24, 2.45) is 0 Å². The number of hydrogen-bond acceptors (Lipinski definition) is 2. The summed E-state index contributed by atoms with van der Waals surface area (Å²) in [5, 5.41) is 5.99. The molecule has 1 fully saturated rings. The Labute approximate surface area is 127 Å². The second-order valence-corrected chi connectivity index (χ2v) is 5.77. The van der Waals surface area contributed by atoms with Crippen molar-refractivity contribution in [2.45, 2.75) is 51.2 Å². The van der Waals surface area contributed by atoms with E-state index in [1.54, 1.807) is 7.11 Å². The number of benzene rings is 1. The minimum absolute atomic E-state index is 0.0856. The molecule has 2 N–H and O–H groups in total. The standard InChI is InChI=1S/C17H26N2O2/c1-13-8-6-7-11-15(13)16(21-2)12-18-17(20)19-14-9-4-3-5-10-14/h6-8,11,14,16H,3-5,9-10,12H2,1-2H3,(H2,18,19,20). The lowest BCUT2D eigenvalue weighted by Gasteiger charge is -2.24. The Bertz CT molecular complexity index is 456. The van der Waals surface area contributed by atoms with Crippen LogP contribution in [0.25, 0.3) is 0 Å². The molecule has 1 unspecified atom stereocenters. The number of nitrogens with one attached hydrogen (secondary N) is 2. The second kappa shape index (κ2) is 8.03. The Kier molecular flexibility index (Phi) is 6.05. The molecule has 4 nitrogen and oxygen atoms in total. The highest BCUT2D eigenvalue weighted by atomic mass is 16.5. The number of carbonyl (C=O) groups excluding carboxylic acids is 1. The van der Waals surface area contributed by atoms with Gasteiger partial charge in [-0.15, -0.1) is 0 Å². The molecule has 0 bridgehead atoms. The van der Waals surface area contributed by atoms with Crippen molar-refractivity contribution in [3.05, 3.63) is 35.4 Å². The summed E-state index contributed by atoms with van der Waals surface area (Å²) in [4.78, 5) is 12.0. The fourth-order valence-corrected chi connectivity index (χ4v) is 2.94. The molecule has 1 aliphatic rings. The van der Waals surface area contributed by atoms with E-state index >= 15 is 0 Å². The van der Waals surface area contributed by atoms with Gasteiger partial charge in [0.2, 0.25) is 0 Å². The molecule has 2 amide bonds. The van der Waals surface area contributed by atoms with Crippen molar-refractivity contribution < 1.29 is 9.53 Å². The number of rotatable bonds is 5. The molecule has 1 aliphatic carbocycles. The topological polar surface area (TPSA) is 50.4 Å². The second-order valence-electron chi connectivity index (χ2n) is 5.77. The van der Waals surface area contributed by atoms with Gasteiger partial charge < -0.3 is 15.4 Å². The normalized spacial score (nSPS) is 17.2. The van der Waals surface area contributed by atoms with Crippen LogP contribution in [0.5, 0.6) is 0 Å². The van der Waals surface area contributed by atoms with Gasteiger partial charge >= 0.3 is 6.03 Å². The monoisotopic (exact) mass is 290 g/mol. The van der Waals surface area contributed by atoms with Crippen molar-refractivity contribution in [2.75, 3.05) is 13.7 Å². The van der Waals surface area contributed by atoms with E-state index in [1.807, 2.05) is 18.2 Å². The summed E-state index contributed by atoms with van der Waals surface area (Å²) in [6, 6.07) is 8.36. The number of hydrogen-bond donors (Lipinski definition) is 2. The molecule has 0 radical (unpaired) electrons. The van der Waals surface area contributed by atoms with E-state index in [4.69, 9.17) is 4.74 Å². The van der Waals surface area contributed by atoms with Gasteiger partial charge in [0.25, 0.3) is 0 Å². The molecule has 4 heteroatoms. The molecule has 2 rings (SSSR count). The number of aryl methyl sites for hydroxylation is 1. The third kappa shape index (κ3) is 4.74. The minimum Gasteiger partial charge on any atom is -0.375 e. The highest BCUT2D eigenvalue weighted by Gasteiger charge is 2.17. The summed E-state index contributed by atoms with van der Waals surface area (Å²) in [5.41, 5.74) is 2.30. The maximum atomic E-state index is 12.0. The fourth-order valence-electron chi connectivity index (χ4n) is 2.94. The van der Waals surface area contributed by atoms with Gasteiger partial charge in [0.15, 0.2) is 0 Å². The lowest BCUT2D eigenvalue weighted by atomic mass is 9.96. The SMILES string of the molecule is COC(CNC(=O)NC1CCCCC1)c1ccccc1C. The van der Waals surface area contributed by atoms with Crippen molar-refractivity contribution in [1.29, 1.82) is 0 Å². The van der Waals surface area contributed by atoms with E-state index in [2.05, 4.69) is 23.6 Å². The molecular weight excluding hydrogens is 264 g/mol. The van der Waals surface area contributed by atoms with Gasteiger partial charge in [-0.2, -0.15) is 0 Å². The van der Waals surface area contributed by atoms with Crippen LogP contribution in [0.1, 0.15) is 49.3 Å². The molecular formula is C17H26N2O2. The Hall–Kier alpha value is -1.55. The third-order valence-corrected chi connectivity index (χ3v) is 4.21. The first-order chi connectivity index (χ1) is 10.2. The first-order valence-corrected chi connectivity index (χ1v) is 7.83. The zero-order valence-corrected chi connectivity index (χ0v) is 13.0. The van der Waals surface area contributed by atoms with Crippen molar-refractivity contribution in [3.8, 4) is 0 Å². The van der Waals surface area contributed by atoms with Crippen molar-refractivity contribution >= 4 is 6.03 Å². The van der Waals surface area contributed by atoms with Crippen molar-refractivity contribution in [1.82, 2.24) is 10.6 Å². The molecule has 1 aromatic rings. The van der Waals surface area contributed by atoms with Gasteiger partial charge in [-0.05, 0) is 30.9 Å². The van der Waals surface area contributed by atoms with Gasteiger partial charge in [-0.25, -0.2) is 4.79 Å². The summed E-state index contributed by atoms with van der Waals surface area (Å²) in [6.07, 6.45) is 5.81. The Morgan fingerprint density at radius 2 is 2.00 bits per heavy atom. The summed E-state index contributed by atoms with van der Waals surface area (Å²) >= 11 is 0. The van der Waals surface area contributed by atoms with Crippen LogP contribution < -0.4 is 10.6 Å². The van der Waals surface area contributed by atoms with Crippen LogP contribution >= 0.6 is 0 Å². The maximum absolute atomic E-state index is 12.0. The van der Waals surface area contributed by atoms with Gasteiger partial charge in [0.05, 0.1) is 6.10 Å². The van der Waals surface area contributed by atoms with Crippen LogP contribution in [0.2, 0.25) is 0 Å². The smallest absolute Gasteiger partial charge is 0.315 e. The average Bonchev–Trinajstić information content (AvgIpc) is 2.50. The van der Waals surface area contributed by atoms with Gasteiger partial charge in [-0.1, -0.05) is 43.5 Å². The molecule has 0 aliphatic heterocycles. The summed E-state index contributed by atoms with van der Waals surface area (Å²) < 4.78 is 5.52. The zero-order chi connectivity index (χ0) is 15.1. The third-order valence-electron chi connectivity index (χ3n) is 4.21. The first-order valence-electron chi connectivity index (χ1n) is 7.83. The van der Waals surface area contributed by atoms with Crippen molar-refractivity contribution in [3.63, 3.8) is 0 Å². The quantitative estimate of drug-likeness (QED) is 0.874. The van der Waals surface area contributed by atoms with Crippen LogP contribution in [-0.2, 0) is 4.74 Å². The number of methoxy groups -OCH3 is 1. The van der Waals surface area contributed by atoms with Crippen LogP contribution in [0.4, 0.5) is 4.79 Å².